The molecule has 4 rings (SSSR count). The minimum Gasteiger partial charge on any atom is -0.324 e. The van der Waals surface area contributed by atoms with E-state index < -0.39 is 0 Å². The molecule has 1 aliphatic rings. The largest absolute Gasteiger partial charge is 2.00 e. The minimum absolute atomic E-state index is 0. The number of nitrogens with one attached hydrogen (secondary N) is 1. The van der Waals surface area contributed by atoms with Gasteiger partial charge in [0.25, 0.3) is 0 Å². The summed E-state index contributed by atoms with van der Waals surface area (Å²) >= 11 is 24.2. The molecule has 10 heteroatoms. The van der Waals surface area contributed by atoms with E-state index in [1.54, 1.807) is 12.1 Å². The molecule has 1 aromatic carbocycles. The molecule has 5 nitrogen and oxygen atoms in total. The molecule has 1 N–H and O–H groups in total. The monoisotopic (exact) mass is 491 g/mol. The first kappa shape index (κ1) is 21.1. The predicted molar refractivity (Wildman–Crippen MR) is 110 cm³/mol. The van der Waals surface area contributed by atoms with E-state index in [-0.39, 0.29) is 17.1 Å². The smallest absolute Gasteiger partial charge is 0.324 e. The number of fused-ring (bicyclic) bond motifs is 1. The van der Waals surface area contributed by atoms with Crippen LogP contribution in [0.15, 0.2) is 58.8 Å². The Bertz CT molecular complexity index is 1030. The van der Waals surface area contributed by atoms with Crippen LogP contribution in [0.1, 0.15) is 11.1 Å². The predicted octanol–water partition coefficient (Wildman–Crippen LogP) is 5.85. The summed E-state index contributed by atoms with van der Waals surface area (Å²) in [5, 5.41) is 4.75. The van der Waals surface area contributed by atoms with Crippen LogP contribution in [0.5, 0.6) is 0 Å². The number of aromatic nitrogens is 2. The van der Waals surface area contributed by atoms with Gasteiger partial charge in [-0.25, -0.2) is 20.0 Å². The summed E-state index contributed by atoms with van der Waals surface area (Å²) in [7, 11) is 0. The number of benzene rings is 1. The van der Waals surface area contributed by atoms with Crippen LogP contribution in [0, 0.1) is 0 Å². The minimum atomic E-state index is 0. The normalized spacial score (nSPS) is 15.3. The molecule has 0 saturated carbocycles. The van der Waals surface area contributed by atoms with Crippen molar-refractivity contribution in [2.24, 2.45) is 9.98 Å². The summed E-state index contributed by atoms with van der Waals surface area (Å²) in [6.45, 7) is 0. The summed E-state index contributed by atoms with van der Waals surface area (Å²) < 4.78 is 0. The molecule has 0 radical (unpaired) electrons. The summed E-state index contributed by atoms with van der Waals surface area (Å²) in [6, 6.07) is 10.8. The van der Waals surface area contributed by atoms with Gasteiger partial charge in [-0.2, -0.15) is 0 Å². The summed E-state index contributed by atoms with van der Waals surface area (Å²) in [4.78, 5) is 17.4. The second-order valence-corrected chi connectivity index (χ2v) is 7.20. The number of halogens is 4. The van der Waals surface area contributed by atoms with E-state index in [0.717, 1.165) is 11.1 Å². The molecular formula is C18H9Cl4FeN5+2. The van der Waals surface area contributed by atoms with Crippen LogP contribution < -0.4 is 5.32 Å². The van der Waals surface area contributed by atoms with Crippen LogP contribution in [-0.4, -0.2) is 21.6 Å². The third kappa shape index (κ3) is 4.33. The first-order valence-corrected chi connectivity index (χ1v) is 9.19. The van der Waals surface area contributed by atoms with Gasteiger partial charge in [0, 0.05) is 23.5 Å². The first-order chi connectivity index (χ1) is 13.0. The van der Waals surface area contributed by atoms with Gasteiger partial charge in [-0.1, -0.05) is 70.7 Å². The van der Waals surface area contributed by atoms with Crippen LogP contribution >= 0.6 is 46.4 Å². The van der Waals surface area contributed by atoms with Gasteiger partial charge in [0.15, 0.2) is 11.6 Å². The molecule has 0 fully saturated rings. The maximum atomic E-state index is 6.18. The van der Waals surface area contributed by atoms with Gasteiger partial charge in [0.2, 0.25) is 0 Å². The molecule has 0 aliphatic carbocycles. The van der Waals surface area contributed by atoms with Crippen molar-refractivity contribution in [2.45, 2.75) is 0 Å². The second-order valence-electron chi connectivity index (χ2n) is 5.51. The number of aliphatic imine (C=N–C) groups is 2. The quantitative estimate of drug-likeness (QED) is 0.457. The zero-order valence-electron chi connectivity index (χ0n) is 13.8. The number of hydrogen-bond donors (Lipinski definition) is 1. The van der Waals surface area contributed by atoms with Crippen molar-refractivity contribution in [3.63, 3.8) is 0 Å². The van der Waals surface area contributed by atoms with E-state index in [1.807, 2.05) is 24.3 Å². The van der Waals surface area contributed by atoms with Crippen molar-refractivity contribution in [3.05, 3.63) is 80.0 Å². The number of rotatable bonds is 2. The Balaban J connectivity index is 0.00000225. The van der Waals surface area contributed by atoms with Crippen molar-refractivity contribution >= 4 is 69.7 Å². The molecule has 0 amide bonds. The number of nitrogens with zero attached hydrogens (tertiary/aromatic N) is 4. The third-order valence-electron chi connectivity index (χ3n) is 3.69. The molecule has 2 aromatic heterocycles. The first-order valence-electron chi connectivity index (χ1n) is 7.67. The van der Waals surface area contributed by atoms with Crippen molar-refractivity contribution in [2.75, 3.05) is 0 Å². The summed E-state index contributed by atoms with van der Waals surface area (Å²) in [5.74, 6) is 1.82. The van der Waals surface area contributed by atoms with Gasteiger partial charge in [-0.3, -0.25) is 0 Å². The van der Waals surface area contributed by atoms with E-state index in [9.17, 15) is 0 Å². The molecule has 0 unspecified atom stereocenters. The molecular weight excluding hydrogens is 484 g/mol. The van der Waals surface area contributed by atoms with Crippen LogP contribution in [0.3, 0.4) is 0 Å². The zero-order chi connectivity index (χ0) is 19.0. The Hall–Kier alpha value is -1.66. The average Bonchev–Trinajstić information content (AvgIpc) is 2.98. The van der Waals surface area contributed by atoms with Crippen LogP contribution in [0.4, 0.5) is 11.6 Å². The SMILES string of the molecule is Clc1cnc(N=C2NC(=Nc3ncc(Cl)cc3Cl)c3ccccc32)c(Cl)c1.[Fe+2]. The van der Waals surface area contributed by atoms with Gasteiger partial charge in [-0.15, -0.1) is 0 Å². The number of amidine groups is 2. The molecule has 28 heavy (non-hydrogen) atoms. The van der Waals surface area contributed by atoms with Crippen molar-refractivity contribution in [1.29, 1.82) is 0 Å². The van der Waals surface area contributed by atoms with E-state index in [4.69, 9.17) is 46.4 Å². The van der Waals surface area contributed by atoms with Gasteiger partial charge in [0.1, 0.15) is 11.7 Å². The van der Waals surface area contributed by atoms with E-state index in [1.165, 1.54) is 12.4 Å². The molecule has 0 bridgehead atoms. The maximum absolute atomic E-state index is 6.18. The third-order valence-corrected chi connectivity index (χ3v) is 4.66. The van der Waals surface area contributed by atoms with Crippen molar-refractivity contribution in [3.8, 4) is 0 Å². The van der Waals surface area contributed by atoms with Crippen molar-refractivity contribution in [1.82, 2.24) is 15.3 Å². The van der Waals surface area contributed by atoms with E-state index >= 15 is 0 Å². The summed E-state index contributed by atoms with van der Waals surface area (Å²) in [6.07, 6.45) is 2.97. The Morgan fingerprint density at radius 2 is 1.14 bits per heavy atom. The Morgan fingerprint density at radius 1 is 0.714 bits per heavy atom. The Morgan fingerprint density at radius 3 is 1.54 bits per heavy atom. The molecule has 3 aromatic rings. The van der Waals surface area contributed by atoms with Crippen LogP contribution in [-0.2, 0) is 17.1 Å². The average molecular weight is 493 g/mol. The maximum Gasteiger partial charge on any atom is 2.00 e. The topological polar surface area (TPSA) is 62.5 Å². The van der Waals surface area contributed by atoms with E-state index in [2.05, 4.69) is 25.3 Å². The standard InChI is InChI=1S/C18H9Cl4N5.Fe/c19-9-5-13(21)17(23-7-9)26-15-11-3-1-2-4-12(11)16(25-15)27-18-14(22)6-10(20)8-24-18;/h1-8H,(H,23,24,25,26,27);/q;+2. The molecule has 140 valence electrons. The van der Waals surface area contributed by atoms with Crippen LogP contribution in [0.2, 0.25) is 20.1 Å². The fourth-order valence-corrected chi connectivity index (χ4v) is 3.36. The zero-order valence-corrected chi connectivity index (χ0v) is 17.9. The Labute approximate surface area is 191 Å². The molecule has 1 aliphatic heterocycles. The van der Waals surface area contributed by atoms with Crippen LogP contribution in [0.25, 0.3) is 0 Å². The fraction of sp³-hybridized carbons (Fsp3) is 0. The van der Waals surface area contributed by atoms with Crippen molar-refractivity contribution < 1.29 is 17.1 Å². The molecule has 0 atom stereocenters. The van der Waals surface area contributed by atoms with Gasteiger partial charge in [0.05, 0.1) is 20.1 Å². The second kappa shape index (κ2) is 8.78. The summed E-state index contributed by atoms with van der Waals surface area (Å²) in [5.41, 5.74) is 1.71. The number of hydrogen-bond acceptors (Lipinski definition) is 4. The molecule has 0 spiro atoms. The van der Waals surface area contributed by atoms with E-state index in [0.29, 0.717) is 43.4 Å². The Kier molecular flexibility index (Phi) is 6.61. The fourth-order valence-electron chi connectivity index (χ4n) is 2.51. The molecule has 3 heterocycles. The van der Waals surface area contributed by atoms with Gasteiger partial charge in [-0.05, 0) is 12.1 Å². The molecule has 0 saturated heterocycles. The van der Waals surface area contributed by atoms with Gasteiger partial charge >= 0.3 is 17.1 Å². The van der Waals surface area contributed by atoms with Gasteiger partial charge < -0.3 is 5.32 Å². The number of pyridine rings is 2.